The fraction of sp³-hybridized carbons (Fsp3) is 0.611. The van der Waals surface area contributed by atoms with Crippen molar-refractivity contribution in [1.29, 1.82) is 0 Å². The molecule has 1 heterocycles. The Labute approximate surface area is 134 Å². The number of carbonyl (C=O) groups is 1. The predicted molar refractivity (Wildman–Crippen MR) is 90.6 cm³/mol. The molecule has 22 heavy (non-hydrogen) atoms. The molecule has 1 saturated heterocycles. The fourth-order valence-corrected chi connectivity index (χ4v) is 2.95. The molecule has 0 aromatic heterocycles. The highest BCUT2D eigenvalue weighted by molar-refractivity contribution is 5.78. The smallest absolute Gasteiger partial charge is 0.223 e. The molecule has 0 spiro atoms. The van der Waals surface area contributed by atoms with E-state index in [0.29, 0.717) is 18.6 Å². The van der Waals surface area contributed by atoms with Crippen LogP contribution < -0.4 is 10.6 Å². The molecule has 1 aromatic rings. The summed E-state index contributed by atoms with van der Waals surface area (Å²) in [6.07, 6.45) is 1.89. The van der Waals surface area contributed by atoms with Crippen LogP contribution in [0.3, 0.4) is 0 Å². The third kappa shape index (κ3) is 5.11. The van der Waals surface area contributed by atoms with Gasteiger partial charge in [0.15, 0.2) is 0 Å². The minimum atomic E-state index is 0.169. The van der Waals surface area contributed by atoms with E-state index in [9.17, 15) is 4.79 Å². The number of hydrogen-bond donors (Lipinski definition) is 2. The van der Waals surface area contributed by atoms with Gasteiger partial charge in [-0.1, -0.05) is 30.3 Å². The van der Waals surface area contributed by atoms with Crippen molar-refractivity contribution in [3.8, 4) is 0 Å². The van der Waals surface area contributed by atoms with Gasteiger partial charge >= 0.3 is 0 Å². The van der Waals surface area contributed by atoms with Crippen LogP contribution in [-0.2, 0) is 11.3 Å². The SMILES string of the molecule is CC(CNC(=O)[C@H]1CCN[C@@H](C)C1)N(C)Cc1ccccc1. The molecule has 0 radical (unpaired) electrons. The van der Waals surface area contributed by atoms with E-state index in [-0.39, 0.29) is 11.8 Å². The molecule has 1 amide bonds. The standard InChI is InChI=1S/C18H29N3O/c1-14-11-17(9-10-19-14)18(22)20-12-15(2)21(3)13-16-7-5-4-6-8-16/h4-8,14-15,17,19H,9-13H2,1-3H3,(H,20,22)/t14-,15?,17-/m0/s1. The Morgan fingerprint density at radius 3 is 2.82 bits per heavy atom. The average molecular weight is 303 g/mol. The molecule has 2 rings (SSSR count). The van der Waals surface area contributed by atoms with Crippen molar-refractivity contribution in [3.63, 3.8) is 0 Å². The van der Waals surface area contributed by atoms with Gasteiger partial charge in [0, 0.05) is 31.1 Å². The molecule has 1 aromatic carbocycles. The third-order valence-corrected chi connectivity index (χ3v) is 4.59. The van der Waals surface area contributed by atoms with Crippen LogP contribution >= 0.6 is 0 Å². The molecular formula is C18H29N3O. The second kappa shape index (κ2) is 8.30. The maximum Gasteiger partial charge on any atom is 0.223 e. The molecule has 1 fully saturated rings. The first-order chi connectivity index (χ1) is 10.6. The van der Waals surface area contributed by atoms with Gasteiger partial charge in [-0.2, -0.15) is 0 Å². The summed E-state index contributed by atoms with van der Waals surface area (Å²) in [5.41, 5.74) is 1.30. The van der Waals surface area contributed by atoms with Crippen LogP contribution in [0.15, 0.2) is 30.3 Å². The van der Waals surface area contributed by atoms with Crippen LogP contribution in [0, 0.1) is 5.92 Å². The lowest BCUT2D eigenvalue weighted by molar-refractivity contribution is -0.126. The van der Waals surface area contributed by atoms with Crippen molar-refractivity contribution in [2.75, 3.05) is 20.1 Å². The Hall–Kier alpha value is -1.39. The zero-order valence-electron chi connectivity index (χ0n) is 14.0. The summed E-state index contributed by atoms with van der Waals surface area (Å²) >= 11 is 0. The molecule has 3 atom stereocenters. The summed E-state index contributed by atoms with van der Waals surface area (Å²) in [5.74, 6) is 0.385. The van der Waals surface area contributed by atoms with Gasteiger partial charge in [-0.15, -0.1) is 0 Å². The van der Waals surface area contributed by atoms with E-state index in [2.05, 4.69) is 60.7 Å². The number of carbonyl (C=O) groups excluding carboxylic acids is 1. The predicted octanol–water partition coefficient (Wildman–Crippen LogP) is 2.01. The monoisotopic (exact) mass is 303 g/mol. The van der Waals surface area contributed by atoms with Gasteiger partial charge in [0.2, 0.25) is 5.91 Å². The topological polar surface area (TPSA) is 44.4 Å². The Morgan fingerprint density at radius 1 is 1.41 bits per heavy atom. The minimum Gasteiger partial charge on any atom is -0.354 e. The van der Waals surface area contributed by atoms with Crippen molar-refractivity contribution in [2.24, 2.45) is 5.92 Å². The van der Waals surface area contributed by atoms with Crippen molar-refractivity contribution in [1.82, 2.24) is 15.5 Å². The van der Waals surface area contributed by atoms with E-state index in [1.807, 2.05) is 6.07 Å². The molecular weight excluding hydrogens is 274 g/mol. The van der Waals surface area contributed by atoms with Crippen LogP contribution in [0.5, 0.6) is 0 Å². The maximum absolute atomic E-state index is 12.3. The highest BCUT2D eigenvalue weighted by atomic mass is 16.1. The highest BCUT2D eigenvalue weighted by Crippen LogP contribution is 2.16. The van der Waals surface area contributed by atoms with E-state index >= 15 is 0 Å². The lowest BCUT2D eigenvalue weighted by atomic mass is 9.92. The molecule has 1 aliphatic heterocycles. The quantitative estimate of drug-likeness (QED) is 0.845. The van der Waals surface area contributed by atoms with Crippen molar-refractivity contribution in [2.45, 2.75) is 45.3 Å². The van der Waals surface area contributed by atoms with Gasteiger partial charge in [0.25, 0.3) is 0 Å². The van der Waals surface area contributed by atoms with E-state index in [4.69, 9.17) is 0 Å². The van der Waals surface area contributed by atoms with Gasteiger partial charge in [-0.05, 0) is 45.8 Å². The lowest BCUT2D eigenvalue weighted by Gasteiger charge is -2.29. The normalized spacial score (nSPS) is 23.3. The first-order valence-corrected chi connectivity index (χ1v) is 8.31. The largest absolute Gasteiger partial charge is 0.354 e. The van der Waals surface area contributed by atoms with Crippen LogP contribution in [0.4, 0.5) is 0 Å². The highest BCUT2D eigenvalue weighted by Gasteiger charge is 2.24. The fourth-order valence-electron chi connectivity index (χ4n) is 2.95. The minimum absolute atomic E-state index is 0.169. The Morgan fingerprint density at radius 2 is 2.14 bits per heavy atom. The molecule has 4 heteroatoms. The Kier molecular flexibility index (Phi) is 6.40. The van der Waals surface area contributed by atoms with E-state index in [0.717, 1.165) is 25.9 Å². The molecule has 0 bridgehead atoms. The summed E-state index contributed by atoms with van der Waals surface area (Å²) in [5, 5.41) is 6.52. The zero-order valence-corrected chi connectivity index (χ0v) is 14.0. The zero-order chi connectivity index (χ0) is 15.9. The Balaban J connectivity index is 1.74. The number of likely N-dealkylation sites (N-methyl/N-ethyl adjacent to an activating group) is 1. The van der Waals surface area contributed by atoms with Crippen LogP contribution in [-0.4, -0.2) is 43.0 Å². The molecule has 1 unspecified atom stereocenters. The van der Waals surface area contributed by atoms with Gasteiger partial charge in [-0.25, -0.2) is 0 Å². The maximum atomic E-state index is 12.3. The summed E-state index contributed by atoms with van der Waals surface area (Å²) in [4.78, 5) is 14.6. The summed E-state index contributed by atoms with van der Waals surface area (Å²) in [6.45, 7) is 6.87. The molecule has 2 N–H and O–H groups in total. The number of nitrogens with zero attached hydrogens (tertiary/aromatic N) is 1. The number of benzene rings is 1. The van der Waals surface area contributed by atoms with Crippen LogP contribution in [0.2, 0.25) is 0 Å². The number of hydrogen-bond acceptors (Lipinski definition) is 3. The first kappa shape index (κ1) is 17.0. The summed E-state index contributed by atoms with van der Waals surface area (Å²) in [7, 11) is 2.11. The molecule has 0 saturated carbocycles. The average Bonchev–Trinajstić information content (AvgIpc) is 2.53. The number of piperidine rings is 1. The number of rotatable bonds is 6. The van der Waals surface area contributed by atoms with E-state index in [1.165, 1.54) is 5.56 Å². The Bertz CT molecular complexity index is 463. The van der Waals surface area contributed by atoms with Gasteiger partial charge < -0.3 is 10.6 Å². The van der Waals surface area contributed by atoms with Crippen molar-refractivity contribution >= 4 is 5.91 Å². The summed E-state index contributed by atoms with van der Waals surface area (Å²) in [6, 6.07) is 11.2. The summed E-state index contributed by atoms with van der Waals surface area (Å²) < 4.78 is 0. The second-order valence-electron chi connectivity index (χ2n) is 6.57. The van der Waals surface area contributed by atoms with Gasteiger partial charge in [0.1, 0.15) is 0 Å². The molecule has 4 nitrogen and oxygen atoms in total. The molecule has 122 valence electrons. The van der Waals surface area contributed by atoms with Crippen LogP contribution in [0.25, 0.3) is 0 Å². The third-order valence-electron chi connectivity index (χ3n) is 4.59. The molecule has 0 aliphatic carbocycles. The van der Waals surface area contributed by atoms with Crippen molar-refractivity contribution in [3.05, 3.63) is 35.9 Å². The number of nitrogens with one attached hydrogen (secondary N) is 2. The number of amides is 1. The van der Waals surface area contributed by atoms with Gasteiger partial charge in [0.05, 0.1) is 0 Å². The van der Waals surface area contributed by atoms with E-state index in [1.54, 1.807) is 0 Å². The van der Waals surface area contributed by atoms with Gasteiger partial charge in [-0.3, -0.25) is 9.69 Å². The molecule has 1 aliphatic rings. The van der Waals surface area contributed by atoms with E-state index < -0.39 is 0 Å². The van der Waals surface area contributed by atoms with Crippen LogP contribution in [0.1, 0.15) is 32.3 Å². The lowest BCUT2D eigenvalue weighted by Crippen LogP contribution is -2.45. The first-order valence-electron chi connectivity index (χ1n) is 8.31. The van der Waals surface area contributed by atoms with Crippen molar-refractivity contribution < 1.29 is 4.79 Å². The second-order valence-corrected chi connectivity index (χ2v) is 6.57.